The average Bonchev–Trinajstić information content (AvgIpc) is 3.39. The molecule has 0 saturated heterocycles. The lowest BCUT2D eigenvalue weighted by atomic mass is 10.0. The summed E-state index contributed by atoms with van der Waals surface area (Å²) in [5, 5.41) is 9.68. The van der Waals surface area contributed by atoms with Crippen LogP contribution in [0, 0.1) is 5.82 Å². The summed E-state index contributed by atoms with van der Waals surface area (Å²) in [6.45, 7) is 0. The van der Waals surface area contributed by atoms with E-state index in [-0.39, 0.29) is 24.2 Å². The highest BCUT2D eigenvalue weighted by Crippen LogP contribution is 2.20. The van der Waals surface area contributed by atoms with Gasteiger partial charge in [0.1, 0.15) is 11.9 Å². The summed E-state index contributed by atoms with van der Waals surface area (Å²) in [4.78, 5) is 30.6. The zero-order valence-electron chi connectivity index (χ0n) is 15.8. The van der Waals surface area contributed by atoms with Crippen LogP contribution in [0.4, 0.5) is 4.39 Å². The van der Waals surface area contributed by atoms with Crippen molar-refractivity contribution in [1.82, 2.24) is 10.6 Å². The molecule has 1 fully saturated rings. The molecule has 1 saturated carbocycles. The highest BCUT2D eigenvalue weighted by Gasteiger charge is 2.33. The first-order valence-electron chi connectivity index (χ1n) is 9.72. The maximum Gasteiger partial charge on any atom is 0.265 e. The number of nitrogens with zero attached hydrogens (tertiary/aromatic N) is 1. The number of rotatable bonds is 7. The van der Waals surface area contributed by atoms with Crippen LogP contribution in [0.2, 0.25) is 0 Å². The number of benzene rings is 2. The molecule has 0 aromatic heterocycles. The van der Waals surface area contributed by atoms with Crippen molar-refractivity contribution in [2.45, 2.75) is 43.9 Å². The Bertz CT molecular complexity index is 928. The summed E-state index contributed by atoms with van der Waals surface area (Å²) in [6, 6.07) is 15.0. The maximum atomic E-state index is 13.4. The van der Waals surface area contributed by atoms with E-state index in [0.29, 0.717) is 17.7 Å². The fraction of sp³-hybridized carbons (Fsp3) is 0.318. The Kier molecular flexibility index (Phi) is 5.55. The molecule has 1 aliphatic carbocycles. The third-order valence-electron chi connectivity index (χ3n) is 4.96. The Morgan fingerprint density at radius 3 is 2.66 bits per heavy atom. The SMILES string of the molecule is O=C(NC1CC1)[C@@H](Cc1ccccc1)NC(=O)[C@H]1CC(c2cccc(F)c2)=NO1. The smallest absolute Gasteiger partial charge is 0.265 e. The predicted octanol–water partition coefficient (Wildman–Crippen LogP) is 2.32. The van der Waals surface area contributed by atoms with Crippen molar-refractivity contribution < 1.29 is 18.8 Å². The van der Waals surface area contributed by atoms with Gasteiger partial charge in [-0.15, -0.1) is 0 Å². The van der Waals surface area contributed by atoms with E-state index in [9.17, 15) is 14.0 Å². The quantitative estimate of drug-likeness (QED) is 0.755. The Labute approximate surface area is 168 Å². The van der Waals surface area contributed by atoms with Gasteiger partial charge in [0.15, 0.2) is 0 Å². The van der Waals surface area contributed by atoms with Crippen LogP contribution in [-0.4, -0.2) is 35.7 Å². The summed E-state index contributed by atoms with van der Waals surface area (Å²) < 4.78 is 13.4. The van der Waals surface area contributed by atoms with Gasteiger partial charge in [-0.2, -0.15) is 0 Å². The number of hydrogen-bond donors (Lipinski definition) is 2. The van der Waals surface area contributed by atoms with Crippen molar-refractivity contribution in [3.63, 3.8) is 0 Å². The van der Waals surface area contributed by atoms with Crippen LogP contribution in [0.15, 0.2) is 59.8 Å². The minimum absolute atomic E-state index is 0.198. The van der Waals surface area contributed by atoms with E-state index in [4.69, 9.17) is 4.84 Å². The molecule has 1 heterocycles. The molecule has 2 N–H and O–H groups in total. The minimum atomic E-state index is -0.847. The van der Waals surface area contributed by atoms with Gasteiger partial charge in [0.2, 0.25) is 12.0 Å². The van der Waals surface area contributed by atoms with Gasteiger partial charge in [-0.3, -0.25) is 9.59 Å². The Balaban J connectivity index is 1.40. The summed E-state index contributed by atoms with van der Waals surface area (Å²) >= 11 is 0. The molecule has 2 aromatic rings. The molecule has 0 bridgehead atoms. The molecule has 2 aliphatic rings. The zero-order valence-corrected chi connectivity index (χ0v) is 15.8. The predicted molar refractivity (Wildman–Crippen MR) is 106 cm³/mol. The van der Waals surface area contributed by atoms with Gasteiger partial charge in [0.05, 0.1) is 5.71 Å². The number of nitrogens with one attached hydrogen (secondary N) is 2. The number of carbonyl (C=O) groups excluding carboxylic acids is 2. The van der Waals surface area contributed by atoms with Gasteiger partial charge >= 0.3 is 0 Å². The third kappa shape index (κ3) is 4.99. The van der Waals surface area contributed by atoms with Gasteiger partial charge in [-0.25, -0.2) is 4.39 Å². The molecular formula is C22H22FN3O3. The van der Waals surface area contributed by atoms with Crippen molar-refractivity contribution in [2.75, 3.05) is 0 Å². The second-order valence-electron chi connectivity index (χ2n) is 7.38. The summed E-state index contributed by atoms with van der Waals surface area (Å²) in [7, 11) is 0. The second kappa shape index (κ2) is 8.43. The molecule has 0 radical (unpaired) electrons. The van der Waals surface area contributed by atoms with Crippen LogP contribution in [0.5, 0.6) is 0 Å². The molecular weight excluding hydrogens is 373 g/mol. The molecule has 0 unspecified atom stereocenters. The fourth-order valence-electron chi connectivity index (χ4n) is 3.21. The van der Waals surface area contributed by atoms with Gasteiger partial charge < -0.3 is 15.5 Å². The summed E-state index contributed by atoms with van der Waals surface area (Å²) in [6.07, 6.45) is 1.69. The lowest BCUT2D eigenvalue weighted by Gasteiger charge is -2.20. The topological polar surface area (TPSA) is 79.8 Å². The van der Waals surface area contributed by atoms with E-state index in [1.54, 1.807) is 12.1 Å². The van der Waals surface area contributed by atoms with Crippen LogP contribution < -0.4 is 10.6 Å². The van der Waals surface area contributed by atoms with Crippen LogP contribution in [0.3, 0.4) is 0 Å². The molecule has 29 heavy (non-hydrogen) atoms. The van der Waals surface area contributed by atoms with E-state index < -0.39 is 18.1 Å². The first kappa shape index (κ1) is 19.1. The molecule has 2 atom stereocenters. The minimum Gasteiger partial charge on any atom is -0.382 e. The molecule has 0 spiro atoms. The van der Waals surface area contributed by atoms with Gasteiger partial charge in [-0.1, -0.05) is 47.6 Å². The van der Waals surface area contributed by atoms with Crippen LogP contribution in [-0.2, 0) is 20.8 Å². The standard InChI is InChI=1S/C22H22FN3O3/c23-16-8-4-7-15(12-16)18-13-20(29-26-18)22(28)25-19(21(27)24-17-9-10-17)11-14-5-2-1-3-6-14/h1-8,12,17,19-20H,9-11,13H2,(H,24,27)(H,25,28)/t19-,20-/m1/s1. The van der Waals surface area contributed by atoms with E-state index in [1.807, 2.05) is 30.3 Å². The normalized spacial score (nSPS) is 19.1. The van der Waals surface area contributed by atoms with Gasteiger partial charge in [-0.05, 0) is 30.5 Å². The van der Waals surface area contributed by atoms with Crippen LogP contribution in [0.25, 0.3) is 0 Å². The second-order valence-corrected chi connectivity index (χ2v) is 7.38. The van der Waals surface area contributed by atoms with E-state index >= 15 is 0 Å². The number of oxime groups is 1. The van der Waals surface area contributed by atoms with E-state index in [2.05, 4.69) is 15.8 Å². The largest absolute Gasteiger partial charge is 0.382 e. The lowest BCUT2D eigenvalue weighted by Crippen LogP contribution is -2.51. The van der Waals surface area contributed by atoms with Crippen molar-refractivity contribution in [1.29, 1.82) is 0 Å². The molecule has 150 valence electrons. The number of halogens is 1. The first-order chi connectivity index (χ1) is 14.1. The molecule has 2 amide bonds. The molecule has 1 aliphatic heterocycles. The van der Waals surface area contributed by atoms with Crippen molar-refractivity contribution in [3.05, 3.63) is 71.5 Å². The summed E-state index contributed by atoms with van der Waals surface area (Å²) in [5.41, 5.74) is 2.03. The highest BCUT2D eigenvalue weighted by molar-refractivity contribution is 6.04. The lowest BCUT2D eigenvalue weighted by molar-refractivity contribution is -0.135. The number of carbonyl (C=O) groups is 2. The monoisotopic (exact) mass is 395 g/mol. The molecule has 4 rings (SSSR count). The Morgan fingerprint density at radius 1 is 1.14 bits per heavy atom. The number of amides is 2. The average molecular weight is 395 g/mol. The van der Waals surface area contributed by atoms with Crippen molar-refractivity contribution >= 4 is 17.5 Å². The maximum absolute atomic E-state index is 13.4. The van der Waals surface area contributed by atoms with Crippen molar-refractivity contribution in [2.24, 2.45) is 5.16 Å². The molecule has 7 heteroatoms. The zero-order chi connectivity index (χ0) is 20.2. The fourth-order valence-corrected chi connectivity index (χ4v) is 3.21. The van der Waals surface area contributed by atoms with E-state index in [1.165, 1.54) is 12.1 Å². The highest BCUT2D eigenvalue weighted by atomic mass is 19.1. The number of hydrogen-bond acceptors (Lipinski definition) is 4. The molecule has 2 aromatic carbocycles. The van der Waals surface area contributed by atoms with Crippen molar-refractivity contribution in [3.8, 4) is 0 Å². The Hall–Kier alpha value is -3.22. The first-order valence-corrected chi connectivity index (χ1v) is 9.72. The van der Waals surface area contributed by atoms with Crippen LogP contribution in [0.1, 0.15) is 30.4 Å². The van der Waals surface area contributed by atoms with Gasteiger partial charge in [0.25, 0.3) is 5.91 Å². The third-order valence-corrected chi connectivity index (χ3v) is 4.96. The van der Waals surface area contributed by atoms with Gasteiger partial charge in [0, 0.05) is 24.4 Å². The summed E-state index contributed by atoms with van der Waals surface area (Å²) in [5.74, 6) is -0.987. The van der Waals surface area contributed by atoms with E-state index in [0.717, 1.165) is 18.4 Å². The Morgan fingerprint density at radius 2 is 1.93 bits per heavy atom. The molecule has 6 nitrogen and oxygen atoms in total. The van der Waals surface area contributed by atoms with Crippen LogP contribution >= 0.6 is 0 Å².